The van der Waals surface area contributed by atoms with Gasteiger partial charge in [0.25, 0.3) is 11.6 Å². The molecule has 0 amide bonds. The van der Waals surface area contributed by atoms with E-state index in [4.69, 9.17) is 47.4 Å². The third-order valence-corrected chi connectivity index (χ3v) is 8.19. The first-order chi connectivity index (χ1) is 25.5. The molecule has 0 aromatic rings. The van der Waals surface area contributed by atoms with Crippen LogP contribution in [0.15, 0.2) is 94.9 Å². The maximum Gasteiger partial charge on any atom is 0.348 e. The lowest BCUT2D eigenvalue weighted by Gasteiger charge is -2.45. The topological polar surface area (TPSA) is 241 Å². The Hall–Kier alpha value is -6.14. The first kappa shape index (κ1) is 39.1. The van der Waals surface area contributed by atoms with E-state index in [-0.39, 0.29) is 50.0 Å². The summed E-state index contributed by atoms with van der Waals surface area (Å²) in [6, 6.07) is 0. The van der Waals surface area contributed by atoms with Gasteiger partial charge in [-0.3, -0.25) is 0 Å². The van der Waals surface area contributed by atoms with Gasteiger partial charge in [0, 0.05) is 39.9 Å². The van der Waals surface area contributed by atoms with Crippen molar-refractivity contribution >= 4 is 35.8 Å². The van der Waals surface area contributed by atoms with Crippen LogP contribution in [0.25, 0.3) is 0 Å². The molecular weight excluding hydrogens is 720 g/mol. The standard InChI is InChI=1S/C36H36O18/c1-33(19-45-3)47-25(37)21(26(38)48-33)11-7-5-9-13-23-29(41)51-35(52-30(23)42)15-17-36(18-16-35)53-31(43)24(32(44)54-36)14-10-6-8-12-22-27(39)49-34(2,20-46-4)50-28(22)40/h5-14,37,39H,15-20H2,1-4H3/p-2/b9-5+,10-6+,11-7+,12-8+,23-13?,24-14?. The predicted octanol–water partition coefficient (Wildman–Crippen LogP) is 0.246. The van der Waals surface area contributed by atoms with E-state index >= 15 is 0 Å². The maximum atomic E-state index is 12.8. The molecule has 2 atom stereocenters. The Morgan fingerprint density at radius 1 is 0.500 bits per heavy atom. The number of hydrogen-bond donors (Lipinski definition) is 0. The normalized spacial score (nSPS) is 30.4. The first-order valence-electron chi connectivity index (χ1n) is 16.2. The molecule has 2 saturated heterocycles. The average molecular weight is 755 g/mol. The molecule has 5 rings (SSSR count). The minimum absolute atomic E-state index is 0.163. The van der Waals surface area contributed by atoms with Crippen LogP contribution in [0.3, 0.4) is 0 Å². The molecule has 0 radical (unpaired) electrons. The number of ether oxygens (including phenoxy) is 10. The third kappa shape index (κ3) is 8.56. The molecule has 18 nitrogen and oxygen atoms in total. The van der Waals surface area contributed by atoms with Gasteiger partial charge in [0.1, 0.15) is 11.1 Å². The summed E-state index contributed by atoms with van der Waals surface area (Å²) in [5.74, 6) is -14.2. The Morgan fingerprint density at radius 2 is 0.833 bits per heavy atom. The van der Waals surface area contributed by atoms with Crippen molar-refractivity contribution in [2.75, 3.05) is 27.4 Å². The predicted molar refractivity (Wildman–Crippen MR) is 170 cm³/mol. The second-order valence-corrected chi connectivity index (χ2v) is 12.5. The number of carbonyl (C=O) groups excluding carboxylic acids is 6. The van der Waals surface area contributed by atoms with Crippen LogP contribution in [0, 0.1) is 0 Å². The van der Waals surface area contributed by atoms with E-state index in [1.807, 2.05) is 0 Å². The highest BCUT2D eigenvalue weighted by Crippen LogP contribution is 2.45. The van der Waals surface area contributed by atoms with Crippen molar-refractivity contribution in [2.24, 2.45) is 0 Å². The van der Waals surface area contributed by atoms with Crippen molar-refractivity contribution in [2.45, 2.75) is 62.7 Å². The minimum Gasteiger partial charge on any atom is -0.573 e. The van der Waals surface area contributed by atoms with Crippen molar-refractivity contribution in [1.82, 2.24) is 0 Å². The number of hydrogen-bond acceptors (Lipinski definition) is 18. The SMILES string of the molecule is COCC1(C)OC(=O)C(/C=C/C=C/C=C2C(=O)OC3(CCC4(CC3)OC(=O)C(=C/C=C/C=C/C3=C([O-])OC(C)(COC)OC3=O)C(=O)O4)OC2=O)=C([O-])O1. The number of rotatable bonds is 10. The fraction of sp³-hybridized carbons (Fsp3) is 0.389. The zero-order valence-electron chi connectivity index (χ0n) is 29.4. The molecule has 5 aliphatic rings. The smallest absolute Gasteiger partial charge is 0.348 e. The Labute approximate surface area is 307 Å². The number of carbonyl (C=O) groups is 6. The van der Waals surface area contributed by atoms with Crippen LogP contribution in [-0.4, -0.2) is 86.4 Å². The second kappa shape index (κ2) is 15.5. The van der Waals surface area contributed by atoms with Crippen molar-refractivity contribution in [3.8, 4) is 0 Å². The van der Waals surface area contributed by atoms with Crippen LogP contribution in [0.5, 0.6) is 0 Å². The van der Waals surface area contributed by atoms with Gasteiger partial charge in [-0.1, -0.05) is 36.5 Å². The molecule has 0 aromatic heterocycles. The largest absolute Gasteiger partial charge is 0.573 e. The third-order valence-electron chi connectivity index (χ3n) is 8.19. The lowest BCUT2D eigenvalue weighted by atomic mass is 9.87. The van der Waals surface area contributed by atoms with Crippen molar-refractivity contribution in [1.29, 1.82) is 0 Å². The fourth-order valence-electron chi connectivity index (χ4n) is 5.66. The van der Waals surface area contributed by atoms with Gasteiger partial charge < -0.3 is 57.6 Å². The Bertz CT molecular complexity index is 1690. The molecule has 54 heavy (non-hydrogen) atoms. The van der Waals surface area contributed by atoms with Crippen LogP contribution in [-0.2, 0) is 76.1 Å². The van der Waals surface area contributed by atoms with E-state index < -0.39 is 82.0 Å². The first-order valence-corrected chi connectivity index (χ1v) is 16.2. The molecule has 0 bridgehead atoms. The summed E-state index contributed by atoms with van der Waals surface area (Å²) >= 11 is 0. The van der Waals surface area contributed by atoms with Gasteiger partial charge >= 0.3 is 35.8 Å². The summed E-state index contributed by atoms with van der Waals surface area (Å²) < 4.78 is 52.0. The summed E-state index contributed by atoms with van der Waals surface area (Å²) in [7, 11) is 2.70. The van der Waals surface area contributed by atoms with E-state index in [1.54, 1.807) is 0 Å². The Kier molecular flexibility index (Phi) is 11.2. The number of allylic oxidation sites excluding steroid dienone is 8. The molecule has 0 N–H and O–H groups in total. The zero-order valence-corrected chi connectivity index (χ0v) is 29.4. The molecule has 4 heterocycles. The molecule has 1 saturated carbocycles. The summed E-state index contributed by atoms with van der Waals surface area (Å²) in [6.07, 6.45) is 11.6. The average Bonchev–Trinajstić information content (AvgIpc) is 3.06. The monoisotopic (exact) mass is 754 g/mol. The van der Waals surface area contributed by atoms with E-state index in [0.29, 0.717) is 0 Å². The Morgan fingerprint density at radius 3 is 1.13 bits per heavy atom. The van der Waals surface area contributed by atoms with Gasteiger partial charge in [0.05, 0.1) is 36.3 Å². The van der Waals surface area contributed by atoms with Crippen molar-refractivity contribution in [3.05, 3.63) is 94.9 Å². The van der Waals surface area contributed by atoms with Crippen LogP contribution in [0.2, 0.25) is 0 Å². The van der Waals surface area contributed by atoms with E-state index in [2.05, 4.69) is 0 Å². The van der Waals surface area contributed by atoms with E-state index in [1.165, 1.54) is 64.5 Å². The summed E-state index contributed by atoms with van der Waals surface area (Å²) in [5, 5.41) is 24.4. The zero-order chi connectivity index (χ0) is 39.3. The molecule has 288 valence electrons. The van der Waals surface area contributed by atoms with Crippen molar-refractivity contribution < 1.29 is 86.3 Å². The molecule has 1 aliphatic carbocycles. The fourth-order valence-corrected chi connectivity index (χ4v) is 5.66. The highest BCUT2D eigenvalue weighted by Gasteiger charge is 2.56. The lowest BCUT2D eigenvalue weighted by Crippen LogP contribution is -2.56. The van der Waals surface area contributed by atoms with Gasteiger partial charge in [-0.25, -0.2) is 28.8 Å². The quantitative estimate of drug-likeness (QED) is 0.0954. The number of cyclic esters (lactones) is 2. The highest BCUT2D eigenvalue weighted by atomic mass is 16.8. The summed E-state index contributed by atoms with van der Waals surface area (Å²) in [6.45, 7) is 2.41. The molecule has 4 aliphatic heterocycles. The van der Waals surface area contributed by atoms with Gasteiger partial charge in [0.2, 0.25) is 0 Å². The molecule has 2 unspecified atom stereocenters. The van der Waals surface area contributed by atoms with Gasteiger partial charge in [-0.05, 0) is 38.2 Å². The minimum atomic E-state index is -1.70. The van der Waals surface area contributed by atoms with Gasteiger partial charge in [-0.15, -0.1) is 0 Å². The second-order valence-electron chi connectivity index (χ2n) is 12.5. The van der Waals surface area contributed by atoms with Crippen molar-refractivity contribution in [3.63, 3.8) is 0 Å². The summed E-state index contributed by atoms with van der Waals surface area (Å²) in [4.78, 5) is 75.7. The Balaban J connectivity index is 1.13. The number of esters is 6. The molecule has 2 spiro atoms. The molecule has 3 fully saturated rings. The van der Waals surface area contributed by atoms with Gasteiger partial charge in [0.15, 0.2) is 11.6 Å². The maximum absolute atomic E-state index is 12.8. The van der Waals surface area contributed by atoms with E-state index in [9.17, 15) is 39.0 Å². The number of methoxy groups -OCH3 is 2. The van der Waals surface area contributed by atoms with E-state index in [0.717, 1.165) is 24.3 Å². The van der Waals surface area contributed by atoms with Crippen LogP contribution < -0.4 is 10.2 Å². The van der Waals surface area contributed by atoms with Crippen LogP contribution in [0.4, 0.5) is 0 Å². The highest BCUT2D eigenvalue weighted by molar-refractivity contribution is 6.16. The molecule has 0 aromatic carbocycles. The van der Waals surface area contributed by atoms with Gasteiger partial charge in [-0.2, -0.15) is 0 Å². The van der Waals surface area contributed by atoms with Crippen LogP contribution >= 0.6 is 0 Å². The summed E-state index contributed by atoms with van der Waals surface area (Å²) in [5.41, 5.74) is -1.66. The molecular formula is C36H34O18-2. The molecule has 18 heteroatoms. The van der Waals surface area contributed by atoms with Crippen LogP contribution in [0.1, 0.15) is 39.5 Å². The lowest BCUT2D eigenvalue weighted by molar-refractivity contribution is -0.400.